The molecule has 26 heavy (non-hydrogen) atoms. The zero-order chi connectivity index (χ0) is 17.5. The number of fused-ring (bicyclic) bond motifs is 8. The summed E-state index contributed by atoms with van der Waals surface area (Å²) in [5.41, 5.74) is 7.43. The number of hydrogen-bond donors (Lipinski definition) is 2. The van der Waals surface area contributed by atoms with Crippen LogP contribution in [0.1, 0.15) is 22.8 Å². The first kappa shape index (κ1) is 14.7. The predicted octanol–water partition coefficient (Wildman–Crippen LogP) is 4.66. The molecule has 0 aliphatic carbocycles. The van der Waals surface area contributed by atoms with Crippen LogP contribution in [0.15, 0.2) is 42.5 Å². The van der Waals surface area contributed by atoms with Gasteiger partial charge < -0.3 is 14.7 Å². The number of methoxy groups -OCH3 is 1. The summed E-state index contributed by atoms with van der Waals surface area (Å²) in [5.74, 6) is 0.779. The molecule has 5 rings (SSSR count). The topological polar surface area (TPSA) is 66.6 Å². The molecule has 0 atom stereocenters. The van der Waals surface area contributed by atoms with Crippen LogP contribution in [0.4, 0.5) is 0 Å². The van der Waals surface area contributed by atoms with E-state index in [4.69, 9.17) is 4.74 Å². The third kappa shape index (κ3) is 2.69. The Balaban J connectivity index is 1.86. The average molecular weight is 340 g/mol. The highest BCUT2D eigenvalue weighted by Gasteiger charge is 2.04. The lowest BCUT2D eigenvalue weighted by Crippen LogP contribution is -1.79. The number of nitrogens with one attached hydrogen (secondary N) is 2. The number of hydrogen-bond acceptors (Lipinski definition) is 3. The van der Waals surface area contributed by atoms with E-state index < -0.39 is 0 Å². The van der Waals surface area contributed by atoms with Gasteiger partial charge in [-0.1, -0.05) is 0 Å². The molecule has 0 saturated heterocycles. The molecular formula is C21H16N4O. The molecule has 126 valence electrons. The maximum atomic E-state index is 5.50. The molecule has 0 aromatic carbocycles. The third-order valence-electron chi connectivity index (χ3n) is 4.35. The Morgan fingerprint density at radius 3 is 1.77 bits per heavy atom. The normalized spacial score (nSPS) is 12.5. The maximum Gasteiger partial charge on any atom is 0.144 e. The van der Waals surface area contributed by atoms with Crippen LogP contribution in [0.3, 0.4) is 0 Å². The van der Waals surface area contributed by atoms with E-state index >= 15 is 0 Å². The predicted molar refractivity (Wildman–Crippen MR) is 105 cm³/mol. The Labute approximate surface area is 149 Å². The first-order valence-electron chi connectivity index (χ1n) is 8.38. The number of H-pyrrole nitrogens is 2. The minimum atomic E-state index is 0.779. The van der Waals surface area contributed by atoms with Crippen LogP contribution in [-0.2, 0) is 0 Å². The lowest BCUT2D eigenvalue weighted by Gasteiger charge is -1.92. The fraction of sp³-hybridized carbons (Fsp3) is 0.0476. The van der Waals surface area contributed by atoms with Gasteiger partial charge in [0.1, 0.15) is 5.75 Å². The summed E-state index contributed by atoms with van der Waals surface area (Å²) in [5, 5.41) is 0. The minimum Gasteiger partial charge on any atom is -0.494 e. The summed E-state index contributed by atoms with van der Waals surface area (Å²) in [6.07, 6.45) is 8.00. The van der Waals surface area contributed by atoms with Crippen molar-refractivity contribution < 1.29 is 4.74 Å². The van der Waals surface area contributed by atoms with Crippen LogP contribution in [0, 0.1) is 0 Å². The summed E-state index contributed by atoms with van der Waals surface area (Å²) < 4.78 is 5.50. The van der Waals surface area contributed by atoms with Gasteiger partial charge in [-0.25, -0.2) is 9.97 Å². The molecule has 5 heterocycles. The number of nitrogens with zero attached hydrogens (tertiary/aromatic N) is 2. The van der Waals surface area contributed by atoms with Crippen molar-refractivity contribution in [3.8, 4) is 5.75 Å². The van der Waals surface area contributed by atoms with Crippen molar-refractivity contribution in [2.45, 2.75) is 0 Å². The smallest absolute Gasteiger partial charge is 0.144 e. The largest absolute Gasteiger partial charge is 0.494 e. The standard InChI is InChI=1S/C21H16N4O/c1-26-21-12-19-10-17-5-4-15(23-17)8-13-2-3-14(22-13)9-16-6-7-18(24-16)11-20(21)25-19/h2-12,22,25H,1H3. The van der Waals surface area contributed by atoms with E-state index in [0.29, 0.717) is 0 Å². The van der Waals surface area contributed by atoms with Crippen LogP contribution in [0.5, 0.6) is 5.75 Å². The van der Waals surface area contributed by atoms with Gasteiger partial charge in [0.2, 0.25) is 0 Å². The van der Waals surface area contributed by atoms with Crippen molar-refractivity contribution in [1.29, 1.82) is 0 Å². The Bertz CT molecular complexity index is 1230. The molecule has 3 aromatic rings. The molecule has 2 N–H and O–H groups in total. The van der Waals surface area contributed by atoms with Crippen LogP contribution in [0.25, 0.3) is 46.4 Å². The fourth-order valence-electron chi connectivity index (χ4n) is 3.16. The van der Waals surface area contributed by atoms with Crippen LogP contribution >= 0.6 is 0 Å². The summed E-state index contributed by atoms with van der Waals surface area (Å²) in [6.45, 7) is 0. The maximum absolute atomic E-state index is 5.50. The minimum absolute atomic E-state index is 0.779. The summed E-state index contributed by atoms with van der Waals surface area (Å²) in [4.78, 5) is 16.0. The number of aromatic nitrogens is 4. The molecule has 2 aliphatic heterocycles. The molecule has 0 fully saturated rings. The Morgan fingerprint density at radius 1 is 0.654 bits per heavy atom. The summed E-state index contributed by atoms with van der Waals surface area (Å²) in [6, 6.07) is 14.1. The van der Waals surface area contributed by atoms with Crippen LogP contribution in [0.2, 0.25) is 0 Å². The van der Waals surface area contributed by atoms with Gasteiger partial charge in [0.25, 0.3) is 0 Å². The average Bonchev–Trinajstić information content (AvgIpc) is 3.39. The van der Waals surface area contributed by atoms with E-state index in [1.807, 2.05) is 66.8 Å². The lowest BCUT2D eigenvalue weighted by atomic mass is 10.3. The monoisotopic (exact) mass is 340 g/mol. The second-order valence-corrected chi connectivity index (χ2v) is 6.24. The number of aromatic amines is 2. The molecule has 5 heteroatoms. The first-order valence-corrected chi connectivity index (χ1v) is 8.38. The van der Waals surface area contributed by atoms with Gasteiger partial charge in [-0.3, -0.25) is 0 Å². The zero-order valence-electron chi connectivity index (χ0n) is 14.2. The summed E-state index contributed by atoms with van der Waals surface area (Å²) in [7, 11) is 1.67. The molecule has 0 saturated carbocycles. The zero-order valence-corrected chi connectivity index (χ0v) is 14.2. The van der Waals surface area contributed by atoms with Gasteiger partial charge >= 0.3 is 0 Å². The van der Waals surface area contributed by atoms with E-state index in [2.05, 4.69) is 19.9 Å². The van der Waals surface area contributed by atoms with E-state index in [-0.39, 0.29) is 0 Å². The Kier molecular flexibility index (Phi) is 3.25. The second-order valence-electron chi connectivity index (χ2n) is 6.24. The molecular weight excluding hydrogens is 324 g/mol. The highest BCUT2D eigenvalue weighted by molar-refractivity contribution is 5.79. The molecule has 0 radical (unpaired) electrons. The van der Waals surface area contributed by atoms with E-state index in [0.717, 1.165) is 50.6 Å². The van der Waals surface area contributed by atoms with E-state index in [9.17, 15) is 0 Å². The van der Waals surface area contributed by atoms with Crippen molar-refractivity contribution >= 4 is 46.4 Å². The van der Waals surface area contributed by atoms with Gasteiger partial charge in [-0.05, 0) is 60.7 Å². The number of rotatable bonds is 1. The van der Waals surface area contributed by atoms with E-state index in [1.165, 1.54) is 0 Å². The second kappa shape index (κ2) is 5.74. The van der Waals surface area contributed by atoms with Gasteiger partial charge in [0.05, 0.1) is 35.4 Å². The van der Waals surface area contributed by atoms with Gasteiger partial charge in [0, 0.05) is 22.6 Å². The first-order chi connectivity index (χ1) is 12.7. The van der Waals surface area contributed by atoms with Crippen molar-refractivity contribution in [3.63, 3.8) is 0 Å². The van der Waals surface area contributed by atoms with Crippen molar-refractivity contribution in [1.82, 2.24) is 19.9 Å². The van der Waals surface area contributed by atoms with Crippen LogP contribution < -0.4 is 4.74 Å². The highest BCUT2D eigenvalue weighted by atomic mass is 16.5. The van der Waals surface area contributed by atoms with E-state index in [1.54, 1.807) is 7.11 Å². The quantitative estimate of drug-likeness (QED) is 0.466. The van der Waals surface area contributed by atoms with Crippen LogP contribution in [-0.4, -0.2) is 27.0 Å². The lowest BCUT2D eigenvalue weighted by molar-refractivity contribution is 0.420. The third-order valence-corrected chi connectivity index (χ3v) is 4.35. The molecule has 0 amide bonds. The molecule has 5 nitrogen and oxygen atoms in total. The Hall–Kier alpha value is -3.60. The van der Waals surface area contributed by atoms with Gasteiger partial charge in [-0.15, -0.1) is 0 Å². The molecule has 3 aromatic heterocycles. The van der Waals surface area contributed by atoms with Crippen molar-refractivity contribution in [2.24, 2.45) is 0 Å². The van der Waals surface area contributed by atoms with Crippen molar-refractivity contribution in [2.75, 3.05) is 7.11 Å². The number of ether oxygens (including phenoxy) is 1. The van der Waals surface area contributed by atoms with Gasteiger partial charge in [-0.2, -0.15) is 0 Å². The van der Waals surface area contributed by atoms with Gasteiger partial charge in [0.15, 0.2) is 0 Å². The van der Waals surface area contributed by atoms with Crippen molar-refractivity contribution in [3.05, 3.63) is 65.2 Å². The molecule has 0 spiro atoms. The fourth-order valence-corrected chi connectivity index (χ4v) is 3.16. The Morgan fingerprint density at radius 2 is 1.19 bits per heavy atom. The molecule has 2 aliphatic rings. The SMILES string of the molecule is COc1cc2cc3nc(cc4ccc(cc5nc(cc1[nH]2)C=C5)[nH]4)C=C3. The molecule has 0 unspecified atom stereocenters. The molecule has 8 bridgehead atoms. The highest BCUT2D eigenvalue weighted by Crippen LogP contribution is 2.24. The summed E-state index contributed by atoms with van der Waals surface area (Å²) >= 11 is 0.